The Morgan fingerprint density at radius 2 is 1.86 bits per heavy atom. The van der Waals surface area contributed by atoms with Crippen LogP contribution in [0.2, 0.25) is 5.02 Å². The number of hydrogen-bond acceptors (Lipinski definition) is 3. The van der Waals surface area contributed by atoms with E-state index in [0.717, 1.165) is 48.7 Å². The third-order valence-corrected chi connectivity index (χ3v) is 6.99. The zero-order valence-corrected chi connectivity index (χ0v) is 17.1. The molecule has 0 radical (unpaired) electrons. The number of aryl methyl sites for hydroxylation is 1. The second-order valence-electron chi connectivity index (χ2n) is 8.54. The van der Waals surface area contributed by atoms with Gasteiger partial charge in [-0.3, -0.25) is 4.90 Å². The number of nitrogens with zero attached hydrogens (tertiary/aromatic N) is 2. The van der Waals surface area contributed by atoms with Crippen LogP contribution in [0, 0.1) is 5.82 Å². The molecule has 5 heteroatoms. The number of halogens is 2. The summed E-state index contributed by atoms with van der Waals surface area (Å²) in [6.07, 6.45) is 4.65. The van der Waals surface area contributed by atoms with Crippen molar-refractivity contribution in [1.29, 1.82) is 0 Å². The first kappa shape index (κ1) is 18.3. The van der Waals surface area contributed by atoms with Gasteiger partial charge >= 0.3 is 0 Å². The first-order valence-electron chi connectivity index (χ1n) is 10.4. The summed E-state index contributed by atoms with van der Waals surface area (Å²) in [6.45, 7) is 5.48. The van der Waals surface area contributed by atoms with Crippen molar-refractivity contribution < 1.29 is 4.39 Å². The lowest BCUT2D eigenvalue weighted by Crippen LogP contribution is -2.51. The van der Waals surface area contributed by atoms with Crippen molar-refractivity contribution in [3.63, 3.8) is 0 Å². The molecule has 3 nitrogen and oxygen atoms in total. The number of benzene rings is 2. The second-order valence-corrected chi connectivity index (χ2v) is 8.98. The van der Waals surface area contributed by atoms with Crippen LogP contribution < -0.4 is 10.2 Å². The number of anilines is 2. The molecule has 1 N–H and O–H groups in total. The molecule has 2 unspecified atom stereocenters. The first-order valence-corrected chi connectivity index (χ1v) is 10.8. The summed E-state index contributed by atoms with van der Waals surface area (Å²) in [7, 11) is 0. The molecule has 3 heterocycles. The van der Waals surface area contributed by atoms with E-state index >= 15 is 0 Å². The van der Waals surface area contributed by atoms with E-state index in [1.54, 1.807) is 12.1 Å². The maximum atomic E-state index is 14.0. The van der Waals surface area contributed by atoms with Crippen LogP contribution in [-0.2, 0) is 6.42 Å². The van der Waals surface area contributed by atoms with E-state index in [1.165, 1.54) is 24.1 Å². The molecule has 3 aliphatic heterocycles. The summed E-state index contributed by atoms with van der Waals surface area (Å²) < 4.78 is 14.0. The Morgan fingerprint density at radius 1 is 1.11 bits per heavy atom. The van der Waals surface area contributed by atoms with Crippen molar-refractivity contribution in [2.45, 2.75) is 50.7 Å². The molecule has 148 valence electrons. The van der Waals surface area contributed by atoms with Crippen molar-refractivity contribution in [2.75, 3.05) is 29.9 Å². The molecular formula is C23H27ClFN3. The highest BCUT2D eigenvalue weighted by Crippen LogP contribution is 2.44. The summed E-state index contributed by atoms with van der Waals surface area (Å²) in [6, 6.07) is 12.2. The van der Waals surface area contributed by atoms with Crippen LogP contribution in [-0.4, -0.2) is 36.7 Å². The quantitative estimate of drug-likeness (QED) is 0.760. The molecule has 0 bridgehead atoms. The van der Waals surface area contributed by atoms with E-state index in [9.17, 15) is 4.39 Å². The van der Waals surface area contributed by atoms with Crippen molar-refractivity contribution in [1.82, 2.24) is 4.90 Å². The molecule has 5 rings (SSSR count). The smallest absolute Gasteiger partial charge is 0.125 e. The van der Waals surface area contributed by atoms with Gasteiger partial charge in [0.25, 0.3) is 0 Å². The van der Waals surface area contributed by atoms with E-state index in [0.29, 0.717) is 12.0 Å². The number of rotatable bonds is 3. The Hall–Kier alpha value is -1.78. The van der Waals surface area contributed by atoms with Crippen LogP contribution in [0.3, 0.4) is 0 Å². The first-order chi connectivity index (χ1) is 13.6. The fourth-order valence-electron chi connectivity index (χ4n) is 5.26. The molecule has 2 aromatic rings. The molecular weight excluding hydrogens is 373 g/mol. The van der Waals surface area contributed by atoms with Gasteiger partial charge in [-0.1, -0.05) is 23.7 Å². The molecule has 3 aliphatic rings. The molecule has 1 fully saturated rings. The SMILES string of the molecule is CC1CCc2cc(F)cc3c2N1C(CN1CCC(c2ccc(Cl)cc2)CC1)N3. The largest absolute Gasteiger partial charge is 0.362 e. The summed E-state index contributed by atoms with van der Waals surface area (Å²) in [5.41, 5.74) is 4.77. The van der Waals surface area contributed by atoms with E-state index in [-0.39, 0.29) is 12.0 Å². The molecule has 2 atom stereocenters. The predicted molar refractivity (Wildman–Crippen MR) is 114 cm³/mol. The number of piperidine rings is 1. The molecule has 0 aliphatic carbocycles. The molecule has 0 spiro atoms. The molecule has 0 amide bonds. The van der Waals surface area contributed by atoms with Gasteiger partial charge in [-0.15, -0.1) is 0 Å². The highest BCUT2D eigenvalue weighted by molar-refractivity contribution is 6.30. The molecule has 0 aromatic heterocycles. The standard InChI is InChI=1S/C23H27ClFN3/c1-15-2-3-18-12-20(25)13-21-23(18)28(15)22(26-21)14-27-10-8-17(9-11-27)16-4-6-19(24)7-5-16/h4-7,12-13,15,17,22,26H,2-3,8-11,14H2,1H3. The van der Waals surface area contributed by atoms with E-state index < -0.39 is 0 Å². The average molecular weight is 400 g/mol. The Labute approximate surface area is 171 Å². The number of nitrogens with one attached hydrogen (secondary N) is 1. The third-order valence-electron chi connectivity index (χ3n) is 6.74. The van der Waals surface area contributed by atoms with Gasteiger partial charge in [0.05, 0.1) is 11.4 Å². The van der Waals surface area contributed by atoms with Gasteiger partial charge in [-0.25, -0.2) is 4.39 Å². The lowest BCUT2D eigenvalue weighted by molar-refractivity contribution is 0.202. The van der Waals surface area contributed by atoms with E-state index in [4.69, 9.17) is 11.6 Å². The van der Waals surface area contributed by atoms with Crippen LogP contribution in [0.15, 0.2) is 36.4 Å². The minimum Gasteiger partial charge on any atom is -0.362 e. The van der Waals surface area contributed by atoms with Crippen LogP contribution in [0.5, 0.6) is 0 Å². The number of likely N-dealkylation sites (tertiary alicyclic amines) is 1. The zero-order chi connectivity index (χ0) is 19.3. The zero-order valence-electron chi connectivity index (χ0n) is 16.3. The monoisotopic (exact) mass is 399 g/mol. The Morgan fingerprint density at radius 3 is 2.61 bits per heavy atom. The van der Waals surface area contributed by atoms with Crippen molar-refractivity contribution in [2.24, 2.45) is 0 Å². The summed E-state index contributed by atoms with van der Waals surface area (Å²) in [5.74, 6) is 0.497. The van der Waals surface area contributed by atoms with Crippen LogP contribution in [0.4, 0.5) is 15.8 Å². The maximum absolute atomic E-state index is 14.0. The second kappa shape index (κ2) is 7.23. The van der Waals surface area contributed by atoms with Gasteiger partial charge in [0.15, 0.2) is 0 Å². The van der Waals surface area contributed by atoms with Gasteiger partial charge in [0.2, 0.25) is 0 Å². The van der Waals surface area contributed by atoms with Crippen LogP contribution >= 0.6 is 11.6 Å². The highest BCUT2D eigenvalue weighted by atomic mass is 35.5. The molecule has 2 aromatic carbocycles. The third kappa shape index (κ3) is 3.27. The fourth-order valence-corrected chi connectivity index (χ4v) is 5.39. The normalized spacial score (nSPS) is 24.9. The predicted octanol–water partition coefficient (Wildman–Crippen LogP) is 5.25. The lowest BCUT2D eigenvalue weighted by Gasteiger charge is -2.40. The van der Waals surface area contributed by atoms with Gasteiger partial charge in [-0.2, -0.15) is 0 Å². The molecule has 28 heavy (non-hydrogen) atoms. The molecule has 0 saturated carbocycles. The fraction of sp³-hybridized carbons (Fsp3) is 0.478. The Kier molecular flexibility index (Phi) is 4.72. The van der Waals surface area contributed by atoms with Crippen molar-refractivity contribution in [3.05, 3.63) is 58.4 Å². The van der Waals surface area contributed by atoms with E-state index in [1.807, 2.05) is 12.1 Å². The maximum Gasteiger partial charge on any atom is 0.125 e. The molecule has 1 saturated heterocycles. The van der Waals surface area contributed by atoms with Crippen LogP contribution in [0.25, 0.3) is 0 Å². The van der Waals surface area contributed by atoms with Crippen molar-refractivity contribution >= 4 is 23.0 Å². The topological polar surface area (TPSA) is 18.5 Å². The minimum absolute atomic E-state index is 0.125. The summed E-state index contributed by atoms with van der Waals surface area (Å²) in [4.78, 5) is 5.06. The average Bonchev–Trinajstić information content (AvgIpc) is 3.05. The number of hydrogen-bond donors (Lipinski definition) is 1. The summed E-state index contributed by atoms with van der Waals surface area (Å²) in [5, 5.41) is 4.42. The lowest BCUT2D eigenvalue weighted by atomic mass is 9.89. The van der Waals surface area contributed by atoms with E-state index in [2.05, 4.69) is 34.2 Å². The Bertz CT molecular complexity index is 861. The van der Waals surface area contributed by atoms with Crippen LogP contribution in [0.1, 0.15) is 43.2 Å². The van der Waals surface area contributed by atoms with Gasteiger partial charge in [-0.05, 0) is 87.0 Å². The highest BCUT2D eigenvalue weighted by Gasteiger charge is 2.38. The Balaban J connectivity index is 1.26. The van der Waals surface area contributed by atoms with Crippen molar-refractivity contribution in [3.8, 4) is 0 Å². The van der Waals surface area contributed by atoms with Gasteiger partial charge in [0, 0.05) is 17.6 Å². The minimum atomic E-state index is -0.125. The van der Waals surface area contributed by atoms with Gasteiger partial charge in [0.1, 0.15) is 12.0 Å². The summed E-state index contributed by atoms with van der Waals surface area (Å²) >= 11 is 6.03. The van der Waals surface area contributed by atoms with Gasteiger partial charge < -0.3 is 10.2 Å².